The van der Waals surface area contributed by atoms with Crippen molar-refractivity contribution in [2.75, 3.05) is 26.7 Å². The SMILES string of the molecule is CCNC(=NCCc1ccco1)NCCc1ccc(C(=O)OC)cc1. The largest absolute Gasteiger partial charge is 0.469 e. The second-order valence-electron chi connectivity index (χ2n) is 5.46. The molecule has 6 heteroatoms. The normalized spacial score (nSPS) is 11.2. The Morgan fingerprint density at radius 2 is 1.96 bits per heavy atom. The van der Waals surface area contributed by atoms with Crippen LogP contribution in [0.4, 0.5) is 0 Å². The van der Waals surface area contributed by atoms with Crippen LogP contribution in [-0.2, 0) is 17.6 Å². The number of esters is 1. The van der Waals surface area contributed by atoms with Gasteiger partial charge in [0, 0.05) is 26.1 Å². The molecule has 2 aromatic rings. The Bertz CT molecular complexity index is 664. The van der Waals surface area contributed by atoms with E-state index in [1.54, 1.807) is 18.4 Å². The number of rotatable bonds is 8. The molecule has 6 nitrogen and oxygen atoms in total. The summed E-state index contributed by atoms with van der Waals surface area (Å²) in [6, 6.07) is 11.3. The average Bonchev–Trinajstić information content (AvgIpc) is 3.15. The van der Waals surface area contributed by atoms with E-state index in [4.69, 9.17) is 9.15 Å². The Hall–Kier alpha value is -2.76. The minimum absolute atomic E-state index is 0.317. The van der Waals surface area contributed by atoms with Gasteiger partial charge in [-0.05, 0) is 43.2 Å². The molecule has 1 aromatic heterocycles. The summed E-state index contributed by atoms with van der Waals surface area (Å²) in [6.07, 6.45) is 3.29. The maximum Gasteiger partial charge on any atom is 0.337 e. The Morgan fingerprint density at radius 3 is 2.60 bits per heavy atom. The van der Waals surface area contributed by atoms with Crippen molar-refractivity contribution in [2.45, 2.75) is 19.8 Å². The molecule has 0 fully saturated rings. The van der Waals surface area contributed by atoms with Crippen molar-refractivity contribution in [3.8, 4) is 0 Å². The Morgan fingerprint density at radius 1 is 1.16 bits per heavy atom. The number of aliphatic imine (C=N–C) groups is 1. The number of ether oxygens (including phenoxy) is 1. The summed E-state index contributed by atoms with van der Waals surface area (Å²) in [5.41, 5.74) is 1.71. The highest BCUT2D eigenvalue weighted by molar-refractivity contribution is 5.89. The summed E-state index contributed by atoms with van der Waals surface area (Å²) >= 11 is 0. The molecule has 25 heavy (non-hydrogen) atoms. The number of methoxy groups -OCH3 is 1. The molecule has 0 unspecified atom stereocenters. The van der Waals surface area contributed by atoms with Gasteiger partial charge >= 0.3 is 5.97 Å². The zero-order chi connectivity index (χ0) is 17.9. The molecule has 0 saturated heterocycles. The molecule has 0 amide bonds. The van der Waals surface area contributed by atoms with Crippen LogP contribution in [-0.4, -0.2) is 38.7 Å². The average molecular weight is 343 g/mol. The molecule has 0 aliphatic rings. The zero-order valence-electron chi connectivity index (χ0n) is 14.7. The molecule has 1 aromatic carbocycles. The number of carbonyl (C=O) groups excluding carboxylic acids is 1. The molecule has 1 heterocycles. The van der Waals surface area contributed by atoms with E-state index in [0.717, 1.165) is 43.2 Å². The first kappa shape index (κ1) is 18.6. The van der Waals surface area contributed by atoms with Crippen molar-refractivity contribution in [1.82, 2.24) is 10.6 Å². The standard InChI is InChI=1S/C19H25N3O3/c1-3-20-19(22-13-11-17-5-4-14-25-17)21-12-10-15-6-8-16(9-7-15)18(23)24-2/h4-9,14H,3,10-13H2,1-2H3,(H2,20,21,22). The van der Waals surface area contributed by atoms with Crippen molar-refractivity contribution in [3.63, 3.8) is 0 Å². The number of furan rings is 1. The van der Waals surface area contributed by atoms with Crippen LogP contribution >= 0.6 is 0 Å². The van der Waals surface area contributed by atoms with Gasteiger partial charge in [-0.15, -0.1) is 0 Å². The number of hydrogen-bond acceptors (Lipinski definition) is 4. The summed E-state index contributed by atoms with van der Waals surface area (Å²) in [6.45, 7) is 4.26. The predicted octanol–water partition coefficient (Wildman–Crippen LogP) is 2.41. The smallest absolute Gasteiger partial charge is 0.337 e. The lowest BCUT2D eigenvalue weighted by Gasteiger charge is -2.11. The van der Waals surface area contributed by atoms with Gasteiger partial charge < -0.3 is 19.8 Å². The van der Waals surface area contributed by atoms with E-state index < -0.39 is 0 Å². The molecule has 0 spiro atoms. The number of guanidine groups is 1. The Kier molecular flexibility index (Phi) is 7.56. The van der Waals surface area contributed by atoms with E-state index in [0.29, 0.717) is 12.1 Å². The fraction of sp³-hybridized carbons (Fsp3) is 0.368. The number of benzene rings is 1. The van der Waals surface area contributed by atoms with E-state index in [1.807, 2.05) is 31.2 Å². The zero-order valence-corrected chi connectivity index (χ0v) is 14.7. The van der Waals surface area contributed by atoms with Crippen LogP contribution in [0.2, 0.25) is 0 Å². The van der Waals surface area contributed by atoms with E-state index in [9.17, 15) is 4.79 Å². The van der Waals surface area contributed by atoms with Gasteiger partial charge in [0.15, 0.2) is 5.96 Å². The van der Waals surface area contributed by atoms with Crippen LogP contribution in [0.1, 0.15) is 28.6 Å². The van der Waals surface area contributed by atoms with Crippen molar-refractivity contribution >= 4 is 11.9 Å². The van der Waals surface area contributed by atoms with E-state index >= 15 is 0 Å². The van der Waals surface area contributed by atoms with Crippen LogP contribution in [0.15, 0.2) is 52.1 Å². The molecule has 0 aliphatic heterocycles. The third-order valence-electron chi connectivity index (χ3n) is 3.63. The van der Waals surface area contributed by atoms with Gasteiger partial charge in [-0.2, -0.15) is 0 Å². The molecular weight excluding hydrogens is 318 g/mol. The molecule has 2 N–H and O–H groups in total. The first-order valence-corrected chi connectivity index (χ1v) is 8.44. The summed E-state index contributed by atoms with van der Waals surface area (Å²) in [5.74, 6) is 1.41. The number of hydrogen-bond donors (Lipinski definition) is 2. The molecule has 0 atom stereocenters. The minimum Gasteiger partial charge on any atom is -0.469 e. The first-order valence-electron chi connectivity index (χ1n) is 8.44. The first-order chi connectivity index (χ1) is 12.2. The van der Waals surface area contributed by atoms with E-state index in [1.165, 1.54) is 7.11 Å². The highest BCUT2D eigenvalue weighted by Gasteiger charge is 2.04. The molecule has 2 rings (SSSR count). The molecular formula is C19H25N3O3. The van der Waals surface area contributed by atoms with Gasteiger partial charge in [-0.3, -0.25) is 4.99 Å². The molecule has 0 saturated carbocycles. The summed E-state index contributed by atoms with van der Waals surface area (Å²) < 4.78 is 10.0. The maximum absolute atomic E-state index is 11.4. The van der Waals surface area contributed by atoms with Crippen molar-refractivity contribution in [1.29, 1.82) is 0 Å². The van der Waals surface area contributed by atoms with Gasteiger partial charge in [-0.25, -0.2) is 4.79 Å². The van der Waals surface area contributed by atoms with Crippen LogP contribution in [0.3, 0.4) is 0 Å². The monoisotopic (exact) mass is 343 g/mol. The molecule has 0 bridgehead atoms. The lowest BCUT2D eigenvalue weighted by Crippen LogP contribution is -2.38. The number of carbonyl (C=O) groups is 1. The van der Waals surface area contributed by atoms with Gasteiger partial charge in [0.05, 0.1) is 18.9 Å². The van der Waals surface area contributed by atoms with Crippen LogP contribution < -0.4 is 10.6 Å². The quantitative estimate of drug-likeness (QED) is 0.437. The fourth-order valence-electron chi connectivity index (χ4n) is 2.33. The molecule has 0 aliphatic carbocycles. The van der Waals surface area contributed by atoms with Crippen molar-refractivity contribution in [2.24, 2.45) is 4.99 Å². The second-order valence-corrected chi connectivity index (χ2v) is 5.46. The van der Waals surface area contributed by atoms with Crippen LogP contribution in [0, 0.1) is 0 Å². The summed E-state index contributed by atoms with van der Waals surface area (Å²) in [7, 11) is 1.38. The summed E-state index contributed by atoms with van der Waals surface area (Å²) in [4.78, 5) is 16.0. The number of nitrogens with one attached hydrogen (secondary N) is 2. The van der Waals surface area contributed by atoms with Gasteiger partial charge in [0.25, 0.3) is 0 Å². The predicted molar refractivity (Wildman–Crippen MR) is 97.9 cm³/mol. The highest BCUT2D eigenvalue weighted by atomic mass is 16.5. The lowest BCUT2D eigenvalue weighted by atomic mass is 10.1. The van der Waals surface area contributed by atoms with Gasteiger partial charge in [0.2, 0.25) is 0 Å². The minimum atomic E-state index is -0.317. The summed E-state index contributed by atoms with van der Waals surface area (Å²) in [5, 5.41) is 6.54. The van der Waals surface area contributed by atoms with Crippen LogP contribution in [0.5, 0.6) is 0 Å². The van der Waals surface area contributed by atoms with Crippen molar-refractivity contribution in [3.05, 3.63) is 59.5 Å². The number of nitrogens with zero attached hydrogens (tertiary/aromatic N) is 1. The highest BCUT2D eigenvalue weighted by Crippen LogP contribution is 2.06. The topological polar surface area (TPSA) is 75.9 Å². The third-order valence-corrected chi connectivity index (χ3v) is 3.63. The van der Waals surface area contributed by atoms with E-state index in [-0.39, 0.29) is 5.97 Å². The third kappa shape index (κ3) is 6.33. The van der Waals surface area contributed by atoms with Gasteiger partial charge in [0.1, 0.15) is 5.76 Å². The van der Waals surface area contributed by atoms with Crippen LogP contribution in [0.25, 0.3) is 0 Å². The van der Waals surface area contributed by atoms with Gasteiger partial charge in [-0.1, -0.05) is 12.1 Å². The molecule has 134 valence electrons. The molecule has 0 radical (unpaired) electrons. The van der Waals surface area contributed by atoms with E-state index in [2.05, 4.69) is 15.6 Å². The Balaban J connectivity index is 1.79. The second kappa shape index (κ2) is 10.2. The van der Waals surface area contributed by atoms with Crippen molar-refractivity contribution < 1.29 is 13.9 Å². The lowest BCUT2D eigenvalue weighted by molar-refractivity contribution is 0.0600. The Labute approximate surface area is 148 Å². The fourth-order valence-corrected chi connectivity index (χ4v) is 2.33. The maximum atomic E-state index is 11.4.